The van der Waals surface area contributed by atoms with Crippen LogP contribution in [0.3, 0.4) is 0 Å². The number of rotatable bonds is 7. The molecular weight excluding hydrogens is 394 g/mol. The molecule has 8 nitrogen and oxygen atoms in total. The quantitative estimate of drug-likeness (QED) is 0.671. The van der Waals surface area contributed by atoms with E-state index < -0.39 is 9.84 Å². The fraction of sp³-hybridized carbons (Fsp3) is 0.500. The number of carbonyl (C=O) groups is 1. The zero-order valence-electron chi connectivity index (χ0n) is 17.1. The number of amides is 1. The second-order valence-corrected chi connectivity index (χ2v) is 9.64. The van der Waals surface area contributed by atoms with Crippen molar-refractivity contribution in [3.8, 4) is 5.75 Å². The van der Waals surface area contributed by atoms with Crippen molar-refractivity contribution in [1.82, 2.24) is 15.0 Å². The highest BCUT2D eigenvalue weighted by Gasteiger charge is 2.22. The van der Waals surface area contributed by atoms with Gasteiger partial charge in [-0.05, 0) is 38.1 Å². The Morgan fingerprint density at radius 2 is 1.79 bits per heavy atom. The standard InChI is InChI=1S/C20H27N3O5S/c1-15-19(16(2)28-21-15)14-27-18-6-4-17(5-7-18)20(24)23-10-8-22(9-11-23)12-13-29(3,25)26/h4-7H,8-14H2,1-3H3. The highest BCUT2D eigenvalue weighted by atomic mass is 32.2. The van der Waals surface area contributed by atoms with E-state index in [9.17, 15) is 13.2 Å². The van der Waals surface area contributed by atoms with E-state index in [2.05, 4.69) is 10.1 Å². The van der Waals surface area contributed by atoms with Gasteiger partial charge in [0.15, 0.2) is 0 Å². The normalized spacial score (nSPS) is 15.5. The van der Waals surface area contributed by atoms with Gasteiger partial charge in [0.05, 0.1) is 17.0 Å². The molecule has 0 spiro atoms. The van der Waals surface area contributed by atoms with Gasteiger partial charge >= 0.3 is 0 Å². The Balaban J connectivity index is 1.50. The summed E-state index contributed by atoms with van der Waals surface area (Å²) >= 11 is 0. The Bertz CT molecular complexity index is 925. The summed E-state index contributed by atoms with van der Waals surface area (Å²) in [5.41, 5.74) is 2.35. The Hall–Kier alpha value is -2.39. The molecule has 0 saturated carbocycles. The molecule has 0 aliphatic carbocycles. The van der Waals surface area contributed by atoms with Crippen molar-refractivity contribution in [3.63, 3.8) is 0 Å². The number of hydrogen-bond donors (Lipinski definition) is 0. The van der Waals surface area contributed by atoms with Crippen molar-refractivity contribution in [2.75, 3.05) is 44.7 Å². The van der Waals surface area contributed by atoms with Crippen LogP contribution >= 0.6 is 0 Å². The topological polar surface area (TPSA) is 93.0 Å². The van der Waals surface area contributed by atoms with Gasteiger partial charge in [-0.3, -0.25) is 9.69 Å². The third-order valence-corrected chi connectivity index (χ3v) is 6.03. The first kappa shape index (κ1) is 21.3. The Morgan fingerprint density at radius 3 is 2.34 bits per heavy atom. The minimum absolute atomic E-state index is 0.0231. The van der Waals surface area contributed by atoms with Crippen molar-refractivity contribution in [3.05, 3.63) is 46.8 Å². The number of ether oxygens (including phenoxy) is 1. The van der Waals surface area contributed by atoms with Gasteiger partial charge in [-0.15, -0.1) is 0 Å². The molecule has 1 amide bonds. The second kappa shape index (κ2) is 8.96. The smallest absolute Gasteiger partial charge is 0.253 e. The van der Waals surface area contributed by atoms with Crippen molar-refractivity contribution in [1.29, 1.82) is 0 Å². The fourth-order valence-electron chi connectivity index (χ4n) is 3.21. The van der Waals surface area contributed by atoms with Crippen LogP contribution in [0.25, 0.3) is 0 Å². The highest BCUT2D eigenvalue weighted by molar-refractivity contribution is 7.90. The summed E-state index contributed by atoms with van der Waals surface area (Å²) in [6.07, 6.45) is 1.24. The van der Waals surface area contributed by atoms with Gasteiger partial charge in [-0.1, -0.05) is 5.16 Å². The lowest BCUT2D eigenvalue weighted by Gasteiger charge is -2.34. The van der Waals surface area contributed by atoms with E-state index in [1.165, 1.54) is 6.26 Å². The number of aryl methyl sites for hydroxylation is 2. The maximum Gasteiger partial charge on any atom is 0.253 e. The molecule has 2 aromatic rings. The molecule has 3 rings (SSSR count). The zero-order chi connectivity index (χ0) is 21.0. The fourth-order valence-corrected chi connectivity index (χ4v) is 3.80. The first-order chi connectivity index (χ1) is 13.7. The van der Waals surface area contributed by atoms with Crippen LogP contribution in [0.2, 0.25) is 0 Å². The molecule has 0 N–H and O–H groups in total. The SMILES string of the molecule is Cc1noc(C)c1COc1ccc(C(=O)N2CCN(CCS(C)(=O)=O)CC2)cc1. The van der Waals surface area contributed by atoms with Crippen LogP contribution in [0.15, 0.2) is 28.8 Å². The molecule has 1 aliphatic rings. The first-order valence-corrected chi connectivity index (χ1v) is 11.6. The minimum atomic E-state index is -2.97. The summed E-state index contributed by atoms with van der Waals surface area (Å²) in [5.74, 6) is 1.54. The van der Waals surface area contributed by atoms with Crippen molar-refractivity contribution in [2.45, 2.75) is 20.5 Å². The van der Waals surface area contributed by atoms with Crippen molar-refractivity contribution in [2.24, 2.45) is 0 Å². The van der Waals surface area contributed by atoms with Crippen molar-refractivity contribution < 1.29 is 22.5 Å². The zero-order valence-corrected chi connectivity index (χ0v) is 17.9. The van der Waals surface area contributed by atoms with Gasteiger partial charge in [0, 0.05) is 44.5 Å². The minimum Gasteiger partial charge on any atom is -0.489 e. The number of sulfone groups is 1. The van der Waals surface area contributed by atoms with Crippen molar-refractivity contribution >= 4 is 15.7 Å². The average Bonchev–Trinajstić information content (AvgIpc) is 3.02. The van der Waals surface area contributed by atoms with Gasteiger partial charge in [-0.2, -0.15) is 0 Å². The third kappa shape index (κ3) is 5.80. The Kier molecular flexibility index (Phi) is 6.59. The lowest BCUT2D eigenvalue weighted by Crippen LogP contribution is -2.49. The van der Waals surface area contributed by atoms with E-state index in [1.54, 1.807) is 29.2 Å². The summed E-state index contributed by atoms with van der Waals surface area (Å²) in [5, 5.41) is 3.91. The molecule has 1 fully saturated rings. The number of piperazine rings is 1. The maximum atomic E-state index is 12.7. The molecule has 0 bridgehead atoms. The van der Waals surface area contributed by atoms with Crippen LogP contribution in [-0.2, 0) is 16.4 Å². The second-order valence-electron chi connectivity index (χ2n) is 7.38. The van der Waals surface area contributed by atoms with E-state index in [1.807, 2.05) is 13.8 Å². The van der Waals surface area contributed by atoms with Gasteiger partial charge in [-0.25, -0.2) is 8.42 Å². The van der Waals surface area contributed by atoms with E-state index in [4.69, 9.17) is 9.26 Å². The summed E-state index contributed by atoms with van der Waals surface area (Å²) in [6.45, 7) is 7.14. The average molecular weight is 422 g/mol. The Morgan fingerprint density at radius 1 is 1.14 bits per heavy atom. The number of aromatic nitrogens is 1. The lowest BCUT2D eigenvalue weighted by molar-refractivity contribution is 0.0644. The number of carbonyl (C=O) groups excluding carboxylic acids is 1. The van der Waals surface area contributed by atoms with Crippen LogP contribution in [0.4, 0.5) is 0 Å². The van der Waals surface area contributed by atoms with Crippen LogP contribution < -0.4 is 4.74 Å². The molecule has 158 valence electrons. The number of nitrogens with zero attached hydrogens (tertiary/aromatic N) is 3. The molecule has 0 unspecified atom stereocenters. The first-order valence-electron chi connectivity index (χ1n) is 9.57. The number of benzene rings is 1. The van der Waals surface area contributed by atoms with Crippen LogP contribution in [-0.4, -0.2) is 74.0 Å². The summed E-state index contributed by atoms with van der Waals surface area (Å²) in [7, 11) is -2.97. The number of hydrogen-bond acceptors (Lipinski definition) is 7. The summed E-state index contributed by atoms with van der Waals surface area (Å²) < 4.78 is 33.5. The molecule has 1 saturated heterocycles. The molecule has 1 aliphatic heterocycles. The van der Waals surface area contributed by atoms with E-state index >= 15 is 0 Å². The molecule has 9 heteroatoms. The van der Waals surface area contributed by atoms with E-state index in [-0.39, 0.29) is 11.7 Å². The molecule has 0 atom stereocenters. The molecule has 1 aromatic heterocycles. The van der Waals surface area contributed by atoms with Crippen LogP contribution in [0, 0.1) is 13.8 Å². The van der Waals surface area contributed by atoms with Crippen LogP contribution in [0.1, 0.15) is 27.4 Å². The summed E-state index contributed by atoms with van der Waals surface area (Å²) in [4.78, 5) is 16.6. The molecule has 0 radical (unpaired) electrons. The summed E-state index contributed by atoms with van der Waals surface area (Å²) in [6, 6.07) is 7.10. The molecule has 29 heavy (non-hydrogen) atoms. The van der Waals surface area contributed by atoms with Gasteiger partial charge < -0.3 is 14.2 Å². The van der Waals surface area contributed by atoms with Gasteiger partial charge in [0.1, 0.15) is 28.0 Å². The monoisotopic (exact) mass is 421 g/mol. The predicted molar refractivity (Wildman–Crippen MR) is 109 cm³/mol. The van der Waals surface area contributed by atoms with E-state index in [0.717, 1.165) is 17.0 Å². The maximum absolute atomic E-state index is 12.7. The predicted octanol–water partition coefficient (Wildman–Crippen LogP) is 1.67. The lowest BCUT2D eigenvalue weighted by atomic mass is 10.1. The van der Waals surface area contributed by atoms with Gasteiger partial charge in [0.25, 0.3) is 5.91 Å². The largest absolute Gasteiger partial charge is 0.489 e. The van der Waals surface area contributed by atoms with E-state index in [0.29, 0.717) is 50.6 Å². The molecule has 2 heterocycles. The van der Waals surface area contributed by atoms with Gasteiger partial charge in [0.2, 0.25) is 0 Å². The highest BCUT2D eigenvalue weighted by Crippen LogP contribution is 2.19. The third-order valence-electron chi connectivity index (χ3n) is 5.10. The molecular formula is C20H27N3O5S. The van der Waals surface area contributed by atoms with Crippen LogP contribution in [0.5, 0.6) is 5.75 Å². The molecule has 1 aromatic carbocycles. The Labute approximate surface area is 171 Å².